The van der Waals surface area contributed by atoms with Gasteiger partial charge < -0.3 is 26.0 Å². The van der Waals surface area contributed by atoms with E-state index in [1.54, 1.807) is 0 Å². The molecule has 1 fully saturated rings. The molecule has 2 heterocycles. The van der Waals surface area contributed by atoms with Crippen molar-refractivity contribution < 1.29 is 23.1 Å². The third kappa shape index (κ3) is 3.96. The molecular weight excluding hydrogens is 418 g/mol. The van der Waals surface area contributed by atoms with Gasteiger partial charge in [0.2, 0.25) is 11.8 Å². The molecule has 2 amide bonds. The van der Waals surface area contributed by atoms with Crippen molar-refractivity contribution in [1.29, 1.82) is 0 Å². The fraction of sp³-hybridized carbons (Fsp3) is 0.500. The van der Waals surface area contributed by atoms with Crippen LogP contribution in [0, 0.1) is 17.6 Å². The molecule has 1 saturated heterocycles. The van der Waals surface area contributed by atoms with Gasteiger partial charge in [0.1, 0.15) is 23.9 Å². The molecule has 0 bridgehead atoms. The number of carbonyl (C=O) groups is 2. The number of ether oxygens (including phenoxy) is 1. The summed E-state index contributed by atoms with van der Waals surface area (Å²) in [5, 5.41) is 12.1. The second-order valence-corrected chi connectivity index (χ2v) is 8.28. The average Bonchev–Trinajstić information content (AvgIpc) is 3.13. The van der Waals surface area contributed by atoms with E-state index < -0.39 is 28.7 Å². The molecule has 10 heteroatoms. The first-order valence-corrected chi connectivity index (χ1v) is 10.0. The average molecular weight is 443 g/mol. The summed E-state index contributed by atoms with van der Waals surface area (Å²) >= 11 is 6.18. The highest BCUT2D eigenvalue weighted by Gasteiger charge is 2.59. The van der Waals surface area contributed by atoms with Crippen LogP contribution >= 0.6 is 11.6 Å². The van der Waals surface area contributed by atoms with Crippen LogP contribution in [-0.2, 0) is 20.9 Å². The zero-order valence-corrected chi connectivity index (χ0v) is 17.8. The van der Waals surface area contributed by atoms with Crippen molar-refractivity contribution in [2.45, 2.75) is 45.0 Å². The molecule has 1 unspecified atom stereocenters. The smallest absolute Gasteiger partial charge is 0.270 e. The van der Waals surface area contributed by atoms with Crippen LogP contribution in [0.25, 0.3) is 0 Å². The first-order valence-electron chi connectivity index (χ1n) is 9.67. The van der Waals surface area contributed by atoms with Gasteiger partial charge in [-0.05, 0) is 31.0 Å². The SMILES string of the molecule is CC(=O)N[C@]1(C2(C(C)C)NC(=O)C(Cl)=C(OCc3ccc(F)cc3F)N2)CCNC1. The van der Waals surface area contributed by atoms with Gasteiger partial charge in [0, 0.05) is 25.1 Å². The highest BCUT2D eigenvalue weighted by molar-refractivity contribution is 6.42. The van der Waals surface area contributed by atoms with Gasteiger partial charge in [0.05, 0.1) is 5.54 Å². The minimum atomic E-state index is -1.12. The minimum absolute atomic E-state index is 0.0329. The number of amides is 2. The Labute approximate surface area is 178 Å². The summed E-state index contributed by atoms with van der Waals surface area (Å²) in [6, 6.07) is 3.13. The number of benzene rings is 1. The Morgan fingerprint density at radius 2 is 2.07 bits per heavy atom. The van der Waals surface area contributed by atoms with E-state index in [-0.39, 0.29) is 34.9 Å². The molecular formula is C20H25ClF2N4O3. The number of hydrogen-bond donors (Lipinski definition) is 4. The van der Waals surface area contributed by atoms with Crippen molar-refractivity contribution in [1.82, 2.24) is 21.3 Å². The summed E-state index contributed by atoms with van der Waals surface area (Å²) in [7, 11) is 0. The summed E-state index contributed by atoms with van der Waals surface area (Å²) in [4.78, 5) is 24.7. The van der Waals surface area contributed by atoms with Crippen molar-refractivity contribution in [2.75, 3.05) is 13.1 Å². The largest absolute Gasteiger partial charge is 0.473 e. The number of carbonyl (C=O) groups excluding carboxylic acids is 2. The van der Waals surface area contributed by atoms with Crippen LogP contribution in [0.1, 0.15) is 32.8 Å². The molecule has 1 aromatic carbocycles. The van der Waals surface area contributed by atoms with E-state index in [9.17, 15) is 18.4 Å². The monoisotopic (exact) mass is 442 g/mol. The number of nitrogens with one attached hydrogen (secondary N) is 4. The van der Waals surface area contributed by atoms with Gasteiger partial charge in [-0.2, -0.15) is 0 Å². The van der Waals surface area contributed by atoms with Crippen molar-refractivity contribution in [3.63, 3.8) is 0 Å². The van der Waals surface area contributed by atoms with E-state index in [1.165, 1.54) is 13.0 Å². The van der Waals surface area contributed by atoms with E-state index in [4.69, 9.17) is 16.3 Å². The summed E-state index contributed by atoms with van der Waals surface area (Å²) < 4.78 is 32.8. The standard InChI is InChI=1S/C20H25ClF2N4O3/c1-11(2)20(19(25-12(3)28)6-7-24-10-19)26-17(29)16(21)18(27-20)30-9-13-4-5-14(22)8-15(13)23/h4-5,8,11,24,27H,6-7,9-10H2,1-3H3,(H,25,28)(H,26,29)/t19-,20?/m1/s1. The fourth-order valence-electron chi connectivity index (χ4n) is 4.14. The van der Waals surface area contributed by atoms with E-state index in [0.717, 1.165) is 12.1 Å². The number of rotatable bonds is 6. The molecule has 2 atom stereocenters. The molecule has 1 aromatic rings. The summed E-state index contributed by atoms with van der Waals surface area (Å²) in [5.74, 6) is -2.51. The third-order valence-electron chi connectivity index (χ3n) is 5.60. The predicted molar refractivity (Wildman–Crippen MR) is 107 cm³/mol. The van der Waals surface area contributed by atoms with Gasteiger partial charge in [0.15, 0.2) is 5.03 Å². The topological polar surface area (TPSA) is 91.5 Å². The van der Waals surface area contributed by atoms with Crippen molar-refractivity contribution in [2.24, 2.45) is 5.92 Å². The quantitative estimate of drug-likeness (QED) is 0.539. The van der Waals surface area contributed by atoms with E-state index in [2.05, 4.69) is 21.3 Å². The molecule has 4 N–H and O–H groups in total. The molecule has 0 saturated carbocycles. The molecule has 0 spiro atoms. The van der Waals surface area contributed by atoms with Crippen LogP contribution in [0.4, 0.5) is 8.78 Å². The first-order chi connectivity index (χ1) is 14.1. The minimum Gasteiger partial charge on any atom is -0.473 e. The van der Waals surface area contributed by atoms with Crippen molar-refractivity contribution in [3.8, 4) is 0 Å². The molecule has 2 aliphatic heterocycles. The second-order valence-electron chi connectivity index (χ2n) is 7.90. The summed E-state index contributed by atoms with van der Waals surface area (Å²) in [6.07, 6.45) is 0.551. The lowest BCUT2D eigenvalue weighted by molar-refractivity contribution is -0.129. The Bertz CT molecular complexity index is 887. The fourth-order valence-corrected chi connectivity index (χ4v) is 4.29. The van der Waals surface area contributed by atoms with Crippen LogP contribution in [0.15, 0.2) is 29.1 Å². The highest BCUT2D eigenvalue weighted by Crippen LogP contribution is 2.37. The Balaban J connectivity index is 1.94. The lowest BCUT2D eigenvalue weighted by Gasteiger charge is -2.53. The lowest BCUT2D eigenvalue weighted by Crippen LogP contribution is -2.81. The maximum atomic E-state index is 14.0. The van der Waals surface area contributed by atoms with Crippen LogP contribution in [0.5, 0.6) is 0 Å². The maximum absolute atomic E-state index is 14.0. The van der Waals surface area contributed by atoms with Crippen LogP contribution in [0.3, 0.4) is 0 Å². The molecule has 30 heavy (non-hydrogen) atoms. The normalized spacial score (nSPS) is 26.4. The zero-order chi connectivity index (χ0) is 22.1. The molecule has 7 nitrogen and oxygen atoms in total. The van der Waals surface area contributed by atoms with Crippen molar-refractivity contribution >= 4 is 23.4 Å². The maximum Gasteiger partial charge on any atom is 0.270 e. The summed E-state index contributed by atoms with van der Waals surface area (Å²) in [6.45, 7) is 5.99. The predicted octanol–water partition coefficient (Wildman–Crippen LogP) is 1.83. The highest BCUT2D eigenvalue weighted by atomic mass is 35.5. The Kier molecular flexibility index (Phi) is 6.24. The molecule has 164 valence electrons. The third-order valence-corrected chi connectivity index (χ3v) is 5.94. The van der Waals surface area contributed by atoms with Gasteiger partial charge in [-0.3, -0.25) is 9.59 Å². The Morgan fingerprint density at radius 3 is 2.63 bits per heavy atom. The van der Waals surface area contributed by atoms with Gasteiger partial charge in [-0.1, -0.05) is 25.4 Å². The Morgan fingerprint density at radius 1 is 1.33 bits per heavy atom. The molecule has 0 aromatic heterocycles. The molecule has 0 radical (unpaired) electrons. The summed E-state index contributed by atoms with van der Waals surface area (Å²) in [5.41, 5.74) is -1.86. The molecule has 0 aliphatic carbocycles. The zero-order valence-electron chi connectivity index (χ0n) is 17.0. The number of hydrogen-bond acceptors (Lipinski definition) is 5. The van der Waals surface area contributed by atoms with Crippen LogP contribution < -0.4 is 21.3 Å². The van der Waals surface area contributed by atoms with Crippen molar-refractivity contribution in [3.05, 3.63) is 46.3 Å². The first kappa shape index (κ1) is 22.3. The second kappa shape index (κ2) is 8.39. The van der Waals surface area contributed by atoms with Gasteiger partial charge in [-0.15, -0.1) is 0 Å². The van der Waals surface area contributed by atoms with E-state index >= 15 is 0 Å². The van der Waals surface area contributed by atoms with Crippen LogP contribution in [0.2, 0.25) is 0 Å². The molecule has 2 aliphatic rings. The van der Waals surface area contributed by atoms with Gasteiger partial charge in [-0.25, -0.2) is 8.78 Å². The molecule has 3 rings (SSSR count). The Hall–Kier alpha value is -2.39. The van der Waals surface area contributed by atoms with Crippen LogP contribution in [-0.4, -0.2) is 36.1 Å². The van der Waals surface area contributed by atoms with Gasteiger partial charge >= 0.3 is 0 Å². The van der Waals surface area contributed by atoms with E-state index in [0.29, 0.717) is 19.5 Å². The number of halogens is 3. The lowest BCUT2D eigenvalue weighted by atomic mass is 9.74. The van der Waals surface area contributed by atoms with Gasteiger partial charge in [0.25, 0.3) is 5.91 Å². The van der Waals surface area contributed by atoms with E-state index in [1.807, 2.05) is 13.8 Å².